The molecule has 0 saturated carbocycles. The molecule has 6 nitrogen and oxygen atoms in total. The van der Waals surface area contributed by atoms with Crippen LogP contribution in [0.15, 0.2) is 66.9 Å². The number of piperazine rings is 1. The van der Waals surface area contributed by atoms with E-state index in [1.807, 2.05) is 18.2 Å². The van der Waals surface area contributed by atoms with E-state index in [0.29, 0.717) is 18.8 Å². The number of para-hydroxylation sites is 1. The number of halogens is 1. The van der Waals surface area contributed by atoms with Crippen LogP contribution in [0, 0.1) is 5.82 Å². The first-order valence-electron chi connectivity index (χ1n) is 9.59. The highest BCUT2D eigenvalue weighted by Crippen LogP contribution is 2.17. The summed E-state index contributed by atoms with van der Waals surface area (Å²) in [5, 5.41) is 2.83. The first-order valence-corrected chi connectivity index (χ1v) is 9.59. The lowest BCUT2D eigenvalue weighted by Crippen LogP contribution is -2.48. The van der Waals surface area contributed by atoms with Crippen LogP contribution in [0.4, 0.5) is 16.0 Å². The van der Waals surface area contributed by atoms with Crippen LogP contribution in [-0.2, 0) is 6.54 Å². The van der Waals surface area contributed by atoms with E-state index in [2.05, 4.69) is 32.3 Å². The van der Waals surface area contributed by atoms with Gasteiger partial charge in [0.1, 0.15) is 11.5 Å². The molecule has 2 heterocycles. The highest BCUT2D eigenvalue weighted by Gasteiger charge is 2.23. The van der Waals surface area contributed by atoms with Crippen molar-refractivity contribution in [3.8, 4) is 0 Å². The quantitative estimate of drug-likeness (QED) is 0.723. The molecule has 1 fully saturated rings. The van der Waals surface area contributed by atoms with Crippen LogP contribution in [0.1, 0.15) is 16.1 Å². The molecular weight excluding hydrogens is 369 g/mol. The predicted molar refractivity (Wildman–Crippen MR) is 109 cm³/mol. The Labute approximate surface area is 169 Å². The number of carbonyl (C=O) groups excluding carboxylic acids is 1. The first kappa shape index (κ1) is 19.0. The number of rotatable bonds is 5. The SMILES string of the molecule is O=C(c1ccnc(Nc2ccccc2F)n1)N1CCN(Cc2ccccc2)CC1. The van der Waals surface area contributed by atoms with Gasteiger partial charge in [-0.15, -0.1) is 0 Å². The van der Waals surface area contributed by atoms with Crippen molar-refractivity contribution in [1.29, 1.82) is 0 Å². The van der Waals surface area contributed by atoms with Crippen LogP contribution in [0.25, 0.3) is 0 Å². The number of benzene rings is 2. The molecule has 1 saturated heterocycles. The third kappa shape index (κ3) is 4.75. The van der Waals surface area contributed by atoms with Crippen LogP contribution in [0.5, 0.6) is 0 Å². The normalized spacial score (nSPS) is 14.6. The highest BCUT2D eigenvalue weighted by atomic mass is 19.1. The number of hydrogen-bond acceptors (Lipinski definition) is 5. The molecule has 1 aliphatic heterocycles. The maximum absolute atomic E-state index is 13.8. The Balaban J connectivity index is 1.37. The molecule has 1 aliphatic rings. The van der Waals surface area contributed by atoms with Crippen LogP contribution in [0.3, 0.4) is 0 Å². The molecule has 0 radical (unpaired) electrons. The molecule has 2 aromatic carbocycles. The fourth-order valence-electron chi connectivity index (χ4n) is 3.33. The molecule has 0 atom stereocenters. The average Bonchev–Trinajstić information content (AvgIpc) is 2.76. The average molecular weight is 391 g/mol. The van der Waals surface area contributed by atoms with Gasteiger partial charge < -0.3 is 10.2 Å². The standard InChI is InChI=1S/C22H22FN5O/c23-18-8-4-5-9-19(18)25-22-24-11-10-20(26-22)21(29)28-14-12-27(13-15-28)16-17-6-2-1-3-7-17/h1-11H,12-16H2,(H,24,25,26). The Morgan fingerprint density at radius 3 is 2.45 bits per heavy atom. The van der Waals surface area contributed by atoms with Crippen molar-refractivity contribution < 1.29 is 9.18 Å². The van der Waals surface area contributed by atoms with E-state index < -0.39 is 5.82 Å². The second kappa shape index (κ2) is 8.79. The molecule has 0 bridgehead atoms. The van der Waals surface area contributed by atoms with Crippen LogP contribution in [0.2, 0.25) is 0 Å². The van der Waals surface area contributed by atoms with E-state index in [4.69, 9.17) is 0 Å². The molecule has 7 heteroatoms. The summed E-state index contributed by atoms with van der Waals surface area (Å²) >= 11 is 0. The molecule has 148 valence electrons. The Bertz CT molecular complexity index is 974. The third-order valence-electron chi connectivity index (χ3n) is 4.90. The van der Waals surface area contributed by atoms with Crippen LogP contribution < -0.4 is 5.32 Å². The van der Waals surface area contributed by atoms with Crippen molar-refractivity contribution in [2.45, 2.75) is 6.54 Å². The van der Waals surface area contributed by atoms with Crippen molar-refractivity contribution in [2.75, 3.05) is 31.5 Å². The topological polar surface area (TPSA) is 61.4 Å². The van der Waals surface area contributed by atoms with Gasteiger partial charge in [-0.1, -0.05) is 42.5 Å². The fraction of sp³-hybridized carbons (Fsp3) is 0.227. The van der Waals surface area contributed by atoms with E-state index in [1.54, 1.807) is 29.2 Å². The molecule has 1 N–H and O–H groups in total. The molecule has 1 aromatic heterocycles. The minimum Gasteiger partial charge on any atom is -0.335 e. The van der Waals surface area contributed by atoms with Crippen molar-refractivity contribution in [3.63, 3.8) is 0 Å². The van der Waals surface area contributed by atoms with E-state index in [-0.39, 0.29) is 17.5 Å². The monoisotopic (exact) mass is 391 g/mol. The maximum Gasteiger partial charge on any atom is 0.272 e. The zero-order chi connectivity index (χ0) is 20.1. The summed E-state index contributed by atoms with van der Waals surface area (Å²) in [5.41, 5.74) is 1.84. The van der Waals surface area contributed by atoms with Gasteiger partial charge in [-0.3, -0.25) is 9.69 Å². The van der Waals surface area contributed by atoms with Gasteiger partial charge in [0.25, 0.3) is 5.91 Å². The highest BCUT2D eigenvalue weighted by molar-refractivity contribution is 5.92. The Morgan fingerprint density at radius 2 is 1.69 bits per heavy atom. The van der Waals surface area contributed by atoms with Crippen LogP contribution >= 0.6 is 0 Å². The molecule has 0 aliphatic carbocycles. The lowest BCUT2D eigenvalue weighted by Gasteiger charge is -2.34. The zero-order valence-electron chi connectivity index (χ0n) is 16.0. The predicted octanol–water partition coefficient (Wildman–Crippen LogP) is 3.32. The molecule has 1 amide bonds. The second-order valence-electron chi connectivity index (χ2n) is 6.92. The molecule has 4 rings (SSSR count). The summed E-state index contributed by atoms with van der Waals surface area (Å²) < 4.78 is 13.8. The molecule has 3 aromatic rings. The lowest BCUT2D eigenvalue weighted by atomic mass is 10.2. The van der Waals surface area contributed by atoms with Gasteiger partial charge in [0.2, 0.25) is 5.95 Å². The van der Waals surface area contributed by atoms with Crippen LogP contribution in [-0.4, -0.2) is 51.9 Å². The van der Waals surface area contributed by atoms with Gasteiger partial charge >= 0.3 is 0 Å². The molecular formula is C22H22FN5O. The number of nitrogens with zero attached hydrogens (tertiary/aromatic N) is 4. The smallest absolute Gasteiger partial charge is 0.272 e. The first-order chi connectivity index (χ1) is 14.2. The van der Waals surface area contributed by atoms with Gasteiger partial charge in [0.15, 0.2) is 0 Å². The van der Waals surface area contributed by atoms with E-state index in [1.165, 1.54) is 17.8 Å². The van der Waals surface area contributed by atoms with Crippen molar-refractivity contribution in [1.82, 2.24) is 19.8 Å². The summed E-state index contributed by atoms with van der Waals surface area (Å²) in [6, 6.07) is 18.2. The van der Waals surface area contributed by atoms with E-state index >= 15 is 0 Å². The van der Waals surface area contributed by atoms with Gasteiger partial charge in [0, 0.05) is 38.9 Å². The van der Waals surface area contributed by atoms with Gasteiger partial charge in [-0.2, -0.15) is 0 Å². The molecule has 29 heavy (non-hydrogen) atoms. The van der Waals surface area contributed by atoms with E-state index in [0.717, 1.165) is 19.6 Å². The Kier molecular flexibility index (Phi) is 5.76. The molecule has 0 unspecified atom stereocenters. The summed E-state index contributed by atoms with van der Waals surface area (Å²) in [6.07, 6.45) is 1.51. The summed E-state index contributed by atoms with van der Waals surface area (Å²) in [6.45, 7) is 3.79. The number of amides is 1. The second-order valence-corrected chi connectivity index (χ2v) is 6.92. The van der Waals surface area contributed by atoms with E-state index in [9.17, 15) is 9.18 Å². The maximum atomic E-state index is 13.8. The number of nitrogens with one attached hydrogen (secondary N) is 1. The number of anilines is 2. The van der Waals surface area contributed by atoms with Crippen molar-refractivity contribution in [3.05, 3.63) is 83.9 Å². The summed E-state index contributed by atoms with van der Waals surface area (Å²) in [4.78, 5) is 25.4. The van der Waals surface area contributed by atoms with Gasteiger partial charge in [-0.05, 0) is 23.8 Å². The number of aromatic nitrogens is 2. The van der Waals surface area contributed by atoms with Crippen molar-refractivity contribution in [2.24, 2.45) is 0 Å². The summed E-state index contributed by atoms with van der Waals surface area (Å²) in [7, 11) is 0. The number of carbonyl (C=O) groups is 1. The number of hydrogen-bond donors (Lipinski definition) is 1. The molecule has 0 spiro atoms. The van der Waals surface area contributed by atoms with Gasteiger partial charge in [-0.25, -0.2) is 14.4 Å². The fourth-order valence-corrected chi connectivity index (χ4v) is 3.33. The minimum atomic E-state index is -0.401. The lowest BCUT2D eigenvalue weighted by molar-refractivity contribution is 0.0622. The minimum absolute atomic E-state index is 0.136. The summed E-state index contributed by atoms with van der Waals surface area (Å²) in [5.74, 6) is -0.339. The third-order valence-corrected chi connectivity index (χ3v) is 4.90. The van der Waals surface area contributed by atoms with Crippen molar-refractivity contribution >= 4 is 17.5 Å². The Hall–Kier alpha value is -3.32. The largest absolute Gasteiger partial charge is 0.335 e. The Morgan fingerprint density at radius 1 is 0.966 bits per heavy atom. The van der Waals surface area contributed by atoms with Gasteiger partial charge in [0.05, 0.1) is 5.69 Å². The zero-order valence-corrected chi connectivity index (χ0v) is 16.0.